The predicted octanol–water partition coefficient (Wildman–Crippen LogP) is 4.29. The summed E-state index contributed by atoms with van der Waals surface area (Å²) in [6, 6.07) is 10.1. The topological polar surface area (TPSA) is 117 Å². The minimum Gasteiger partial charge on any atom is -0.492 e. The minimum absolute atomic E-state index is 0.0403. The van der Waals surface area contributed by atoms with Gasteiger partial charge in [0.15, 0.2) is 0 Å². The molecule has 0 bridgehead atoms. The fraction of sp³-hybridized carbons (Fsp3) is 0.548. The molecule has 13 heteroatoms. The van der Waals surface area contributed by atoms with E-state index in [4.69, 9.17) is 9.47 Å². The van der Waals surface area contributed by atoms with Crippen molar-refractivity contribution in [1.29, 1.82) is 0 Å². The van der Waals surface area contributed by atoms with Crippen molar-refractivity contribution in [2.45, 2.75) is 43.7 Å². The van der Waals surface area contributed by atoms with Gasteiger partial charge in [-0.3, -0.25) is 24.7 Å². The Labute approximate surface area is 260 Å². The number of aromatic nitrogens is 2. The lowest BCUT2D eigenvalue weighted by Gasteiger charge is -2.49. The van der Waals surface area contributed by atoms with Crippen molar-refractivity contribution in [3.05, 3.63) is 68.5 Å². The number of piperazine rings is 1. The van der Waals surface area contributed by atoms with Gasteiger partial charge in [0, 0.05) is 100 Å². The SMILES string of the molecule is CC.O=c1[nH]c(CSC2CCOCC2)nc2cc(OCCN3CCN(C4CN(c5ccc([N+](=O)[O-])cc5)C4)CC3)cc(F)c12. The Morgan fingerprint density at radius 1 is 1.11 bits per heavy atom. The molecule has 0 atom stereocenters. The van der Waals surface area contributed by atoms with E-state index in [1.165, 1.54) is 6.07 Å². The van der Waals surface area contributed by atoms with Crippen molar-refractivity contribution in [2.24, 2.45) is 0 Å². The van der Waals surface area contributed by atoms with E-state index < -0.39 is 11.4 Å². The zero-order valence-corrected chi connectivity index (χ0v) is 26.2. The maximum atomic E-state index is 14.8. The van der Waals surface area contributed by atoms with Gasteiger partial charge < -0.3 is 19.4 Å². The second kappa shape index (κ2) is 15.2. The number of halogens is 1. The molecule has 3 aromatic rings. The molecule has 3 fully saturated rings. The van der Waals surface area contributed by atoms with Gasteiger partial charge in [0.25, 0.3) is 11.2 Å². The highest BCUT2D eigenvalue weighted by atomic mass is 32.2. The largest absolute Gasteiger partial charge is 0.492 e. The van der Waals surface area contributed by atoms with Gasteiger partial charge in [-0.1, -0.05) is 13.8 Å². The first-order valence-corrected chi connectivity index (χ1v) is 16.5. The van der Waals surface area contributed by atoms with Crippen LogP contribution in [0.2, 0.25) is 0 Å². The summed E-state index contributed by atoms with van der Waals surface area (Å²) in [5.41, 5.74) is 0.973. The number of non-ortho nitro benzene ring substituents is 1. The first-order chi connectivity index (χ1) is 21.4. The molecular formula is C31H41FN6O5S. The van der Waals surface area contributed by atoms with Crippen LogP contribution in [0.3, 0.4) is 0 Å². The van der Waals surface area contributed by atoms with Gasteiger partial charge in [-0.25, -0.2) is 9.37 Å². The third-order valence-corrected chi connectivity index (χ3v) is 9.68. The molecule has 2 aromatic carbocycles. The van der Waals surface area contributed by atoms with E-state index >= 15 is 0 Å². The lowest BCUT2D eigenvalue weighted by Crippen LogP contribution is -2.63. The number of benzene rings is 2. The summed E-state index contributed by atoms with van der Waals surface area (Å²) in [4.78, 5) is 37.4. The monoisotopic (exact) mass is 628 g/mol. The molecule has 1 aromatic heterocycles. The summed E-state index contributed by atoms with van der Waals surface area (Å²) in [6.45, 7) is 12.3. The molecule has 0 saturated carbocycles. The summed E-state index contributed by atoms with van der Waals surface area (Å²) in [7, 11) is 0. The second-order valence-electron chi connectivity index (χ2n) is 11.0. The first kappa shape index (κ1) is 32.1. The Morgan fingerprint density at radius 3 is 2.50 bits per heavy atom. The summed E-state index contributed by atoms with van der Waals surface area (Å²) >= 11 is 1.74. The number of aromatic amines is 1. The van der Waals surface area contributed by atoms with Crippen molar-refractivity contribution < 1.29 is 18.8 Å². The van der Waals surface area contributed by atoms with Gasteiger partial charge >= 0.3 is 0 Å². The smallest absolute Gasteiger partial charge is 0.269 e. The Kier molecular flexibility index (Phi) is 11.1. The number of rotatable bonds is 10. The highest BCUT2D eigenvalue weighted by Crippen LogP contribution is 2.28. The fourth-order valence-electron chi connectivity index (χ4n) is 5.77. The Hall–Kier alpha value is -3.26. The maximum Gasteiger partial charge on any atom is 0.269 e. The first-order valence-electron chi connectivity index (χ1n) is 15.4. The molecule has 0 aliphatic carbocycles. The number of anilines is 1. The lowest BCUT2D eigenvalue weighted by atomic mass is 10.0. The summed E-state index contributed by atoms with van der Waals surface area (Å²) in [5, 5.41) is 11.3. The van der Waals surface area contributed by atoms with Crippen LogP contribution in [-0.4, -0.2) is 102 Å². The normalized spacial score (nSPS) is 18.5. The Balaban J connectivity index is 0.00000188. The molecule has 0 amide bonds. The molecule has 3 aliphatic rings. The molecule has 3 aliphatic heterocycles. The van der Waals surface area contributed by atoms with Crippen LogP contribution in [0.5, 0.6) is 5.75 Å². The van der Waals surface area contributed by atoms with E-state index in [1.54, 1.807) is 30.0 Å². The molecule has 0 unspecified atom stereocenters. The van der Waals surface area contributed by atoms with Crippen LogP contribution in [0.1, 0.15) is 32.5 Å². The van der Waals surface area contributed by atoms with Crippen molar-refractivity contribution in [3.63, 3.8) is 0 Å². The van der Waals surface area contributed by atoms with Gasteiger partial charge in [-0.15, -0.1) is 0 Å². The van der Waals surface area contributed by atoms with E-state index in [0.717, 1.165) is 77.6 Å². The van der Waals surface area contributed by atoms with E-state index in [1.807, 2.05) is 26.0 Å². The second-order valence-corrected chi connectivity index (χ2v) is 12.3. The van der Waals surface area contributed by atoms with Crippen molar-refractivity contribution in [1.82, 2.24) is 19.8 Å². The van der Waals surface area contributed by atoms with Crippen LogP contribution in [0.25, 0.3) is 10.9 Å². The van der Waals surface area contributed by atoms with Crippen LogP contribution in [0.4, 0.5) is 15.8 Å². The van der Waals surface area contributed by atoms with E-state index in [0.29, 0.717) is 40.7 Å². The van der Waals surface area contributed by atoms with Gasteiger partial charge in [0.05, 0.1) is 16.2 Å². The van der Waals surface area contributed by atoms with E-state index in [-0.39, 0.29) is 16.0 Å². The molecule has 6 rings (SSSR count). The number of nitro groups is 1. The number of H-pyrrole nitrogens is 1. The van der Waals surface area contributed by atoms with E-state index in [2.05, 4.69) is 24.7 Å². The van der Waals surface area contributed by atoms with Crippen LogP contribution in [0, 0.1) is 15.9 Å². The Morgan fingerprint density at radius 2 is 1.82 bits per heavy atom. The highest BCUT2D eigenvalue weighted by Gasteiger charge is 2.33. The number of nitrogens with zero attached hydrogens (tertiary/aromatic N) is 5. The molecule has 238 valence electrons. The van der Waals surface area contributed by atoms with Gasteiger partial charge in [0.1, 0.15) is 29.4 Å². The van der Waals surface area contributed by atoms with Crippen LogP contribution in [0.15, 0.2) is 41.2 Å². The van der Waals surface area contributed by atoms with Gasteiger partial charge in [-0.2, -0.15) is 11.8 Å². The molecule has 3 saturated heterocycles. The standard InChI is InChI=1S/C29H35FN6O5S.C2H6/c30-25-15-23(16-26-28(25)29(37)32-27(31-26)19-42-24-5-12-40-13-6-24)41-14-11-33-7-9-34(10-8-33)22-17-35(18-22)20-1-3-21(4-2-20)36(38)39;1-2/h1-4,15-16,22,24H,5-14,17-19H2,(H,31,32,37);1-2H3. The highest BCUT2D eigenvalue weighted by molar-refractivity contribution is 7.99. The number of hydrogen-bond donors (Lipinski definition) is 1. The summed E-state index contributed by atoms with van der Waals surface area (Å²) < 4.78 is 26.2. The van der Waals surface area contributed by atoms with Crippen molar-refractivity contribution >= 4 is 34.0 Å². The molecule has 0 radical (unpaired) electrons. The zero-order chi connectivity index (χ0) is 31.1. The van der Waals surface area contributed by atoms with Crippen LogP contribution < -0.4 is 15.2 Å². The quantitative estimate of drug-likeness (QED) is 0.257. The molecule has 4 heterocycles. The summed E-state index contributed by atoms with van der Waals surface area (Å²) in [6.07, 6.45) is 1.96. The fourth-order valence-corrected chi connectivity index (χ4v) is 6.82. The molecular weight excluding hydrogens is 587 g/mol. The number of nitro benzene ring substituents is 1. The number of thioether (sulfide) groups is 1. The number of hydrogen-bond acceptors (Lipinski definition) is 10. The zero-order valence-electron chi connectivity index (χ0n) is 25.4. The minimum atomic E-state index is -0.628. The number of fused-ring (bicyclic) bond motifs is 1. The maximum absolute atomic E-state index is 14.8. The number of nitrogens with one attached hydrogen (secondary N) is 1. The average Bonchev–Trinajstić information content (AvgIpc) is 3.01. The van der Waals surface area contributed by atoms with E-state index in [9.17, 15) is 19.3 Å². The van der Waals surface area contributed by atoms with Crippen LogP contribution in [-0.2, 0) is 10.5 Å². The third-order valence-electron chi connectivity index (χ3n) is 8.29. The average molecular weight is 629 g/mol. The Bertz CT molecular complexity index is 1450. The predicted molar refractivity (Wildman–Crippen MR) is 171 cm³/mol. The van der Waals surface area contributed by atoms with Crippen molar-refractivity contribution in [3.8, 4) is 5.75 Å². The van der Waals surface area contributed by atoms with Crippen LogP contribution >= 0.6 is 11.8 Å². The molecule has 1 N–H and O–H groups in total. The summed E-state index contributed by atoms with van der Waals surface area (Å²) in [5.74, 6) is 0.850. The molecule has 0 spiro atoms. The third kappa shape index (κ3) is 7.87. The lowest BCUT2D eigenvalue weighted by molar-refractivity contribution is -0.384. The van der Waals surface area contributed by atoms with Gasteiger partial charge in [0.2, 0.25) is 0 Å². The van der Waals surface area contributed by atoms with Crippen molar-refractivity contribution in [2.75, 3.05) is 70.5 Å². The molecule has 11 nitrogen and oxygen atoms in total. The van der Waals surface area contributed by atoms with Gasteiger partial charge in [-0.05, 0) is 25.0 Å². The number of ether oxygens (including phenoxy) is 2. The molecule has 44 heavy (non-hydrogen) atoms.